The van der Waals surface area contributed by atoms with Crippen molar-refractivity contribution in [3.63, 3.8) is 0 Å². The molecule has 0 radical (unpaired) electrons. The first-order chi connectivity index (χ1) is 16.9. The van der Waals surface area contributed by atoms with Crippen molar-refractivity contribution in [2.45, 2.75) is 43.7 Å². The third-order valence-electron chi connectivity index (χ3n) is 7.43. The van der Waals surface area contributed by atoms with E-state index in [0.717, 1.165) is 36.8 Å². The first-order valence-corrected chi connectivity index (χ1v) is 12.1. The molecule has 35 heavy (non-hydrogen) atoms. The molecule has 7 nitrogen and oxygen atoms in total. The minimum absolute atomic E-state index is 0.0402. The smallest absolute Gasteiger partial charge is 0.247 e. The van der Waals surface area contributed by atoms with E-state index in [0.29, 0.717) is 36.0 Å². The van der Waals surface area contributed by atoms with Gasteiger partial charge >= 0.3 is 0 Å². The summed E-state index contributed by atoms with van der Waals surface area (Å²) in [5, 5.41) is 11.5. The van der Waals surface area contributed by atoms with Crippen LogP contribution < -0.4 is 18.9 Å². The predicted molar refractivity (Wildman–Crippen MR) is 134 cm³/mol. The number of benzene rings is 2. The van der Waals surface area contributed by atoms with Gasteiger partial charge < -0.3 is 29.0 Å². The molecule has 2 aromatic rings. The molecular weight excluding hydrogens is 446 g/mol. The zero-order valence-electron chi connectivity index (χ0n) is 21.0. The molecule has 188 valence electrons. The number of hydrogen-bond acceptors (Lipinski definition) is 6. The van der Waals surface area contributed by atoms with Crippen LogP contribution >= 0.6 is 0 Å². The van der Waals surface area contributed by atoms with Crippen LogP contribution in [0, 0.1) is 5.92 Å². The van der Waals surface area contributed by atoms with Crippen molar-refractivity contribution in [3.8, 4) is 23.0 Å². The fraction of sp³-hybridized carbons (Fsp3) is 0.464. The fourth-order valence-electron chi connectivity index (χ4n) is 5.60. The molecule has 3 atom stereocenters. The van der Waals surface area contributed by atoms with E-state index in [-0.39, 0.29) is 17.9 Å². The van der Waals surface area contributed by atoms with Gasteiger partial charge in [-0.2, -0.15) is 0 Å². The molecule has 2 aliphatic rings. The van der Waals surface area contributed by atoms with Gasteiger partial charge in [-0.3, -0.25) is 4.79 Å². The maximum Gasteiger partial charge on any atom is 0.247 e. The molecule has 1 aliphatic heterocycles. The van der Waals surface area contributed by atoms with Crippen molar-refractivity contribution >= 4 is 12.0 Å². The lowest BCUT2D eigenvalue weighted by molar-refractivity contribution is -0.150. The number of rotatable bonds is 7. The van der Waals surface area contributed by atoms with Gasteiger partial charge in [0, 0.05) is 18.5 Å². The van der Waals surface area contributed by atoms with Crippen LogP contribution in [0.5, 0.6) is 23.0 Å². The Labute approximate surface area is 207 Å². The minimum atomic E-state index is -0.764. The highest BCUT2D eigenvalue weighted by molar-refractivity contribution is 5.92. The molecule has 0 bridgehead atoms. The van der Waals surface area contributed by atoms with Gasteiger partial charge in [0.2, 0.25) is 5.91 Å². The quantitative estimate of drug-likeness (QED) is 0.581. The zero-order valence-corrected chi connectivity index (χ0v) is 21.0. The van der Waals surface area contributed by atoms with Crippen molar-refractivity contribution < 1.29 is 28.8 Å². The number of methoxy groups -OCH3 is 4. The Balaban J connectivity index is 1.67. The number of amides is 1. The molecule has 1 saturated carbocycles. The molecule has 1 saturated heterocycles. The van der Waals surface area contributed by atoms with E-state index >= 15 is 0 Å². The Morgan fingerprint density at radius 2 is 1.57 bits per heavy atom. The molecule has 1 aliphatic carbocycles. The molecule has 4 rings (SSSR count). The van der Waals surface area contributed by atoms with Crippen LogP contribution in [0.4, 0.5) is 0 Å². The number of ether oxygens (including phenoxy) is 4. The second kappa shape index (κ2) is 10.6. The maximum absolute atomic E-state index is 13.5. The van der Waals surface area contributed by atoms with Crippen molar-refractivity contribution in [1.82, 2.24) is 4.90 Å². The second-order valence-electron chi connectivity index (χ2n) is 9.24. The second-order valence-corrected chi connectivity index (χ2v) is 9.24. The summed E-state index contributed by atoms with van der Waals surface area (Å²) in [5.74, 6) is 2.36. The number of carbonyl (C=O) groups is 1. The van der Waals surface area contributed by atoms with Crippen LogP contribution in [0.1, 0.15) is 49.3 Å². The average Bonchev–Trinajstić information content (AvgIpc) is 2.90. The Kier molecular flexibility index (Phi) is 7.55. The van der Waals surface area contributed by atoms with Gasteiger partial charge in [0.05, 0.1) is 40.1 Å². The Morgan fingerprint density at radius 3 is 2.26 bits per heavy atom. The normalized spacial score (nSPS) is 24.1. The Morgan fingerprint density at radius 1 is 0.914 bits per heavy atom. The lowest BCUT2D eigenvalue weighted by atomic mass is 9.66. The van der Waals surface area contributed by atoms with Gasteiger partial charge in [0.15, 0.2) is 23.0 Å². The molecule has 7 heteroatoms. The first kappa shape index (κ1) is 24.9. The molecular formula is C28H35NO6. The molecule has 0 aromatic heterocycles. The van der Waals surface area contributed by atoms with Crippen LogP contribution in [0.15, 0.2) is 42.5 Å². The van der Waals surface area contributed by atoms with E-state index in [1.165, 1.54) is 0 Å². The summed E-state index contributed by atoms with van der Waals surface area (Å²) in [4.78, 5) is 15.4. The fourth-order valence-corrected chi connectivity index (χ4v) is 5.60. The highest BCUT2D eigenvalue weighted by atomic mass is 16.5. The monoisotopic (exact) mass is 481 g/mol. The van der Waals surface area contributed by atoms with E-state index in [9.17, 15) is 9.90 Å². The summed E-state index contributed by atoms with van der Waals surface area (Å²) >= 11 is 0. The summed E-state index contributed by atoms with van der Waals surface area (Å²) in [6.45, 7) is 0.487. The molecule has 1 heterocycles. The van der Waals surface area contributed by atoms with Gasteiger partial charge in [-0.15, -0.1) is 0 Å². The molecule has 2 fully saturated rings. The van der Waals surface area contributed by atoms with Crippen LogP contribution in [0.25, 0.3) is 6.08 Å². The minimum Gasteiger partial charge on any atom is -0.493 e. The standard InChI is InChI=1S/C28H35NO6/c1-32-22-11-8-19(17-24(22)34-3)9-13-26(30)29-16-15-28(31)14-6-5-7-21(28)27(29)20-10-12-23(33-2)25(18-20)35-4/h8-13,17-18,21,27,31H,5-7,14-16H2,1-4H3. The van der Waals surface area contributed by atoms with Gasteiger partial charge in [-0.25, -0.2) is 0 Å². The van der Waals surface area contributed by atoms with Crippen molar-refractivity contribution in [1.29, 1.82) is 0 Å². The number of likely N-dealkylation sites (tertiary alicyclic amines) is 1. The van der Waals surface area contributed by atoms with E-state index in [1.54, 1.807) is 40.6 Å². The maximum atomic E-state index is 13.5. The summed E-state index contributed by atoms with van der Waals surface area (Å²) in [5.41, 5.74) is 1.02. The number of fused-ring (bicyclic) bond motifs is 1. The molecule has 3 unspecified atom stereocenters. The van der Waals surface area contributed by atoms with E-state index in [4.69, 9.17) is 18.9 Å². The molecule has 2 aromatic carbocycles. The summed E-state index contributed by atoms with van der Waals surface area (Å²) in [7, 11) is 6.39. The van der Waals surface area contributed by atoms with Gasteiger partial charge in [0.1, 0.15) is 0 Å². The summed E-state index contributed by atoms with van der Waals surface area (Å²) in [6, 6.07) is 11.1. The first-order valence-electron chi connectivity index (χ1n) is 12.1. The van der Waals surface area contributed by atoms with Crippen molar-refractivity contribution in [3.05, 3.63) is 53.6 Å². The Hall–Kier alpha value is -3.19. The largest absolute Gasteiger partial charge is 0.493 e. The summed E-state index contributed by atoms with van der Waals surface area (Å²) in [6.07, 6.45) is 7.67. The van der Waals surface area contributed by atoms with Crippen LogP contribution in [0.2, 0.25) is 0 Å². The summed E-state index contributed by atoms with van der Waals surface area (Å²) < 4.78 is 21.6. The van der Waals surface area contributed by atoms with Crippen LogP contribution in [-0.4, -0.2) is 56.5 Å². The third-order valence-corrected chi connectivity index (χ3v) is 7.43. The van der Waals surface area contributed by atoms with E-state index in [2.05, 4.69) is 0 Å². The Bertz CT molecular complexity index is 1080. The predicted octanol–water partition coefficient (Wildman–Crippen LogP) is 4.63. The SMILES string of the molecule is COc1ccc(C=CC(=O)N2CCC3(O)CCCCC3C2c2ccc(OC)c(OC)c2)cc1OC. The van der Waals surface area contributed by atoms with Gasteiger partial charge in [-0.1, -0.05) is 25.0 Å². The van der Waals surface area contributed by atoms with Crippen molar-refractivity contribution in [2.75, 3.05) is 35.0 Å². The van der Waals surface area contributed by atoms with Crippen LogP contribution in [-0.2, 0) is 4.79 Å². The van der Waals surface area contributed by atoms with Gasteiger partial charge in [0.25, 0.3) is 0 Å². The highest BCUT2D eigenvalue weighted by Gasteiger charge is 2.50. The number of carbonyl (C=O) groups excluding carboxylic acids is 1. The number of nitrogens with zero attached hydrogens (tertiary/aromatic N) is 1. The van der Waals surface area contributed by atoms with Crippen LogP contribution in [0.3, 0.4) is 0 Å². The average molecular weight is 482 g/mol. The lowest BCUT2D eigenvalue weighted by Crippen LogP contribution is -2.56. The lowest BCUT2D eigenvalue weighted by Gasteiger charge is -2.52. The van der Waals surface area contributed by atoms with Crippen molar-refractivity contribution in [2.24, 2.45) is 5.92 Å². The molecule has 0 spiro atoms. The molecule has 1 N–H and O–H groups in total. The topological polar surface area (TPSA) is 77.5 Å². The zero-order chi connectivity index (χ0) is 25.0. The van der Waals surface area contributed by atoms with E-state index < -0.39 is 5.60 Å². The van der Waals surface area contributed by atoms with Gasteiger partial charge in [-0.05, 0) is 60.7 Å². The highest BCUT2D eigenvalue weighted by Crippen LogP contribution is 2.50. The van der Waals surface area contributed by atoms with E-state index in [1.807, 2.05) is 41.3 Å². The third kappa shape index (κ3) is 4.96. The molecule has 1 amide bonds. The number of hydrogen-bond donors (Lipinski definition) is 1. The number of aliphatic hydroxyl groups is 1. The number of piperidine rings is 1.